The maximum Gasteiger partial charge on any atom is 0.270 e. The fourth-order valence-electron chi connectivity index (χ4n) is 1.13. The highest BCUT2D eigenvalue weighted by Crippen LogP contribution is 2.13. The molecule has 1 N–H and O–H groups in total. The number of likely N-dealkylation sites (N-methyl/N-ethyl adjacent to an activating group) is 1. The molecular formula is C10H12N2O3. The van der Waals surface area contributed by atoms with E-state index in [-0.39, 0.29) is 18.0 Å². The highest BCUT2D eigenvalue weighted by atomic mass is 16.6. The maximum absolute atomic E-state index is 11.5. The van der Waals surface area contributed by atoms with Gasteiger partial charge in [0.25, 0.3) is 5.69 Å². The van der Waals surface area contributed by atoms with Crippen LogP contribution in [0.1, 0.15) is 17.3 Å². The zero-order chi connectivity index (χ0) is 11.3. The van der Waals surface area contributed by atoms with Crippen molar-refractivity contribution in [2.45, 2.75) is 6.92 Å². The molecule has 1 aromatic carbocycles. The molecule has 80 valence electrons. The molecule has 0 aromatic heterocycles. The predicted molar refractivity (Wildman–Crippen MR) is 56.0 cm³/mol. The number of non-ortho nitro benzene ring substituents is 1. The van der Waals surface area contributed by atoms with Gasteiger partial charge < -0.3 is 5.32 Å². The van der Waals surface area contributed by atoms with E-state index in [0.717, 1.165) is 0 Å². The zero-order valence-electron chi connectivity index (χ0n) is 8.40. The molecule has 0 heterocycles. The zero-order valence-corrected chi connectivity index (χ0v) is 8.40. The Labute approximate surface area is 87.3 Å². The molecule has 5 heteroatoms. The summed E-state index contributed by atoms with van der Waals surface area (Å²) in [6.07, 6.45) is 0. The van der Waals surface area contributed by atoms with Crippen LogP contribution in [0.5, 0.6) is 0 Å². The van der Waals surface area contributed by atoms with Crippen LogP contribution in [-0.4, -0.2) is 23.8 Å². The van der Waals surface area contributed by atoms with E-state index in [4.69, 9.17) is 0 Å². The molecule has 0 unspecified atom stereocenters. The Morgan fingerprint density at radius 3 is 2.87 bits per heavy atom. The molecule has 0 aliphatic rings. The van der Waals surface area contributed by atoms with Crippen molar-refractivity contribution in [3.8, 4) is 0 Å². The Morgan fingerprint density at radius 2 is 2.27 bits per heavy atom. The van der Waals surface area contributed by atoms with Gasteiger partial charge in [0.2, 0.25) is 0 Å². The predicted octanol–water partition coefficient (Wildman–Crippen LogP) is 1.39. The van der Waals surface area contributed by atoms with Gasteiger partial charge in [-0.05, 0) is 6.54 Å². The lowest BCUT2D eigenvalue weighted by molar-refractivity contribution is -0.384. The number of carbonyl (C=O) groups excluding carboxylic acids is 1. The summed E-state index contributed by atoms with van der Waals surface area (Å²) in [5.74, 6) is -0.138. The molecule has 5 nitrogen and oxygen atoms in total. The largest absolute Gasteiger partial charge is 0.310 e. The number of rotatable bonds is 5. The highest BCUT2D eigenvalue weighted by molar-refractivity contribution is 5.98. The van der Waals surface area contributed by atoms with E-state index in [1.807, 2.05) is 6.92 Å². The molecule has 0 bridgehead atoms. The Hall–Kier alpha value is -1.75. The van der Waals surface area contributed by atoms with Gasteiger partial charge in [-0.25, -0.2) is 0 Å². The number of nitro benzene ring substituents is 1. The minimum Gasteiger partial charge on any atom is -0.310 e. The smallest absolute Gasteiger partial charge is 0.270 e. The van der Waals surface area contributed by atoms with Gasteiger partial charge in [0.05, 0.1) is 11.5 Å². The van der Waals surface area contributed by atoms with Crippen LogP contribution < -0.4 is 5.32 Å². The van der Waals surface area contributed by atoms with Crippen LogP contribution in [0.2, 0.25) is 0 Å². The molecule has 0 aliphatic heterocycles. The first-order valence-electron chi connectivity index (χ1n) is 4.63. The number of nitrogens with zero attached hydrogens (tertiary/aromatic N) is 1. The third kappa shape index (κ3) is 3.14. The minimum atomic E-state index is -0.510. The van der Waals surface area contributed by atoms with Gasteiger partial charge >= 0.3 is 0 Å². The molecule has 0 atom stereocenters. The van der Waals surface area contributed by atoms with Crippen molar-refractivity contribution >= 4 is 11.5 Å². The number of carbonyl (C=O) groups is 1. The number of ketones is 1. The van der Waals surface area contributed by atoms with Crippen LogP contribution in [-0.2, 0) is 0 Å². The summed E-state index contributed by atoms with van der Waals surface area (Å²) in [6.45, 7) is 2.79. The molecular weight excluding hydrogens is 196 g/mol. The van der Waals surface area contributed by atoms with Gasteiger partial charge in [0.15, 0.2) is 5.78 Å². The van der Waals surface area contributed by atoms with Gasteiger partial charge in [-0.1, -0.05) is 19.1 Å². The maximum atomic E-state index is 11.5. The molecule has 1 aromatic rings. The van der Waals surface area contributed by atoms with E-state index in [2.05, 4.69) is 5.32 Å². The molecule has 0 amide bonds. The van der Waals surface area contributed by atoms with Gasteiger partial charge in [-0.2, -0.15) is 0 Å². The lowest BCUT2D eigenvalue weighted by Gasteiger charge is -2.01. The van der Waals surface area contributed by atoms with Crippen LogP contribution in [0, 0.1) is 10.1 Å². The Kier molecular flexibility index (Phi) is 3.93. The second-order valence-electron chi connectivity index (χ2n) is 3.01. The van der Waals surface area contributed by atoms with E-state index in [0.29, 0.717) is 12.1 Å². The van der Waals surface area contributed by atoms with Crippen LogP contribution >= 0.6 is 0 Å². The Morgan fingerprint density at radius 1 is 1.53 bits per heavy atom. The molecule has 0 saturated heterocycles. The number of hydrogen-bond acceptors (Lipinski definition) is 4. The standard InChI is InChI=1S/C10H12N2O3/c1-2-11-7-10(13)8-4-3-5-9(6-8)12(14)15/h3-6,11H,2,7H2,1H3. The van der Waals surface area contributed by atoms with Crippen LogP contribution in [0.4, 0.5) is 5.69 Å². The number of benzene rings is 1. The monoisotopic (exact) mass is 208 g/mol. The van der Waals surface area contributed by atoms with Crippen LogP contribution in [0.15, 0.2) is 24.3 Å². The first-order valence-corrected chi connectivity index (χ1v) is 4.63. The molecule has 0 spiro atoms. The molecule has 0 aliphatic carbocycles. The van der Waals surface area contributed by atoms with Crippen molar-refractivity contribution in [3.63, 3.8) is 0 Å². The van der Waals surface area contributed by atoms with Crippen molar-refractivity contribution in [3.05, 3.63) is 39.9 Å². The lowest BCUT2D eigenvalue weighted by atomic mass is 10.1. The SMILES string of the molecule is CCNCC(=O)c1cccc([N+](=O)[O-])c1. The fourth-order valence-corrected chi connectivity index (χ4v) is 1.13. The molecule has 0 radical (unpaired) electrons. The summed E-state index contributed by atoms with van der Waals surface area (Å²) in [5, 5.41) is 13.3. The first kappa shape index (κ1) is 11.3. The van der Waals surface area contributed by atoms with Crippen molar-refractivity contribution in [1.82, 2.24) is 5.32 Å². The van der Waals surface area contributed by atoms with Crippen molar-refractivity contribution in [2.24, 2.45) is 0 Å². The Bertz CT molecular complexity index is 377. The topological polar surface area (TPSA) is 72.2 Å². The van der Waals surface area contributed by atoms with E-state index < -0.39 is 4.92 Å². The van der Waals surface area contributed by atoms with E-state index in [1.165, 1.54) is 18.2 Å². The number of hydrogen-bond donors (Lipinski definition) is 1. The normalized spacial score (nSPS) is 9.93. The number of Topliss-reactive ketones (excluding diaryl/α,β-unsaturated/α-hetero) is 1. The fraction of sp³-hybridized carbons (Fsp3) is 0.300. The second kappa shape index (κ2) is 5.21. The lowest BCUT2D eigenvalue weighted by Crippen LogP contribution is -2.22. The molecule has 0 fully saturated rings. The van der Waals surface area contributed by atoms with Gasteiger partial charge in [0.1, 0.15) is 0 Å². The van der Waals surface area contributed by atoms with Gasteiger partial charge in [-0.15, -0.1) is 0 Å². The quantitative estimate of drug-likeness (QED) is 0.451. The van der Waals surface area contributed by atoms with E-state index in [1.54, 1.807) is 6.07 Å². The van der Waals surface area contributed by atoms with E-state index >= 15 is 0 Å². The molecule has 0 saturated carbocycles. The highest BCUT2D eigenvalue weighted by Gasteiger charge is 2.10. The van der Waals surface area contributed by atoms with Gasteiger partial charge in [-0.3, -0.25) is 14.9 Å². The average Bonchev–Trinajstić information content (AvgIpc) is 2.26. The second-order valence-corrected chi connectivity index (χ2v) is 3.01. The summed E-state index contributed by atoms with van der Waals surface area (Å²) in [5.41, 5.74) is 0.308. The molecule has 1 rings (SSSR count). The first-order chi connectivity index (χ1) is 7.15. The average molecular weight is 208 g/mol. The van der Waals surface area contributed by atoms with Crippen molar-refractivity contribution in [1.29, 1.82) is 0 Å². The third-order valence-corrected chi connectivity index (χ3v) is 1.91. The van der Waals surface area contributed by atoms with Crippen LogP contribution in [0.3, 0.4) is 0 Å². The third-order valence-electron chi connectivity index (χ3n) is 1.91. The summed E-state index contributed by atoms with van der Waals surface area (Å²) in [4.78, 5) is 21.5. The van der Waals surface area contributed by atoms with Gasteiger partial charge in [0, 0.05) is 17.7 Å². The molecule has 15 heavy (non-hydrogen) atoms. The summed E-state index contributed by atoms with van der Waals surface area (Å²) in [6, 6.07) is 5.74. The van der Waals surface area contributed by atoms with E-state index in [9.17, 15) is 14.9 Å². The Balaban J connectivity index is 2.81. The summed E-state index contributed by atoms with van der Waals surface area (Å²) in [7, 11) is 0. The number of nitrogens with one attached hydrogen (secondary N) is 1. The summed E-state index contributed by atoms with van der Waals surface area (Å²) >= 11 is 0. The van der Waals surface area contributed by atoms with Crippen molar-refractivity contribution < 1.29 is 9.72 Å². The minimum absolute atomic E-state index is 0.0580. The summed E-state index contributed by atoms with van der Waals surface area (Å²) < 4.78 is 0. The number of nitro groups is 1. The van der Waals surface area contributed by atoms with Crippen molar-refractivity contribution in [2.75, 3.05) is 13.1 Å². The van der Waals surface area contributed by atoms with Crippen LogP contribution in [0.25, 0.3) is 0 Å².